The SMILES string of the molecule is Cc1c(Cc2c(CN3CC4(C3)CS(=O)C4)nc3c(-c4cnc[nH]4)cc(N4CCOCC4)nn23)cccc1C(F)(F)F. The molecule has 1 spiro atoms. The fraction of sp³-hybridized carbons (Fsp3) is 0.464. The first-order valence-electron chi connectivity index (χ1n) is 13.7. The van der Waals surface area contributed by atoms with Crippen LogP contribution in [0.3, 0.4) is 0 Å². The molecular weight excluding hydrogens is 555 g/mol. The number of hydrogen-bond donors (Lipinski definition) is 1. The summed E-state index contributed by atoms with van der Waals surface area (Å²) in [6.45, 7) is 6.30. The molecule has 41 heavy (non-hydrogen) atoms. The Bertz CT molecular complexity index is 1610. The first-order valence-corrected chi connectivity index (χ1v) is 15.1. The summed E-state index contributed by atoms with van der Waals surface area (Å²) in [6.07, 6.45) is -0.844. The molecule has 0 radical (unpaired) electrons. The van der Waals surface area contributed by atoms with E-state index in [1.807, 2.05) is 10.6 Å². The molecule has 216 valence electrons. The zero-order valence-electron chi connectivity index (χ0n) is 22.6. The average molecular weight is 586 g/mol. The molecule has 9 nitrogen and oxygen atoms in total. The summed E-state index contributed by atoms with van der Waals surface area (Å²) >= 11 is 0. The fourth-order valence-corrected chi connectivity index (χ4v) is 8.01. The van der Waals surface area contributed by atoms with E-state index >= 15 is 0 Å². The second-order valence-electron chi connectivity index (χ2n) is 11.4. The van der Waals surface area contributed by atoms with Crippen molar-refractivity contribution < 1.29 is 22.1 Å². The van der Waals surface area contributed by atoms with Crippen molar-refractivity contribution in [1.29, 1.82) is 0 Å². The van der Waals surface area contributed by atoms with E-state index in [0.29, 0.717) is 44.1 Å². The van der Waals surface area contributed by atoms with Gasteiger partial charge in [-0.15, -0.1) is 5.10 Å². The number of halogens is 3. The summed E-state index contributed by atoms with van der Waals surface area (Å²) < 4.78 is 60.5. The lowest BCUT2D eigenvalue weighted by Gasteiger charge is -2.54. The molecule has 7 rings (SSSR count). The van der Waals surface area contributed by atoms with Crippen LogP contribution in [0, 0.1) is 12.3 Å². The van der Waals surface area contributed by atoms with Crippen molar-refractivity contribution in [2.75, 3.05) is 55.8 Å². The molecule has 1 N–H and O–H groups in total. The standard InChI is InChI=1S/C28H30F3N7O2S/c1-18-19(3-2-4-21(18)28(29,30)31)9-24-23(12-36-13-27(14-36)15-41(39)16-27)34-26-20(22-11-32-17-33-22)10-25(35-38(24)26)37-5-7-40-8-6-37/h2-4,10-11,17H,5-9,12-16H2,1H3,(H,32,33). The molecule has 3 aliphatic heterocycles. The number of hydrogen-bond acceptors (Lipinski definition) is 7. The summed E-state index contributed by atoms with van der Waals surface area (Å²) in [4.78, 5) is 16.9. The topological polar surface area (TPSA) is 91.7 Å². The third kappa shape index (κ3) is 4.83. The molecular formula is C28H30F3N7O2S. The van der Waals surface area contributed by atoms with Gasteiger partial charge in [0.2, 0.25) is 0 Å². The quantitative estimate of drug-likeness (QED) is 0.371. The first kappa shape index (κ1) is 26.6. The fourth-order valence-electron chi connectivity index (χ4n) is 6.36. The number of fused-ring (bicyclic) bond motifs is 1. The van der Waals surface area contributed by atoms with Crippen molar-refractivity contribution in [2.24, 2.45) is 5.41 Å². The molecule has 0 saturated carbocycles. The molecule has 3 aliphatic rings. The summed E-state index contributed by atoms with van der Waals surface area (Å²) in [5.41, 5.74) is 4.06. The predicted octanol–water partition coefficient (Wildman–Crippen LogP) is 3.44. The van der Waals surface area contributed by atoms with Gasteiger partial charge in [0.25, 0.3) is 0 Å². The van der Waals surface area contributed by atoms with Gasteiger partial charge in [0, 0.05) is 72.4 Å². The maximum atomic E-state index is 13.8. The van der Waals surface area contributed by atoms with Crippen LogP contribution in [0.4, 0.5) is 19.0 Å². The van der Waals surface area contributed by atoms with Gasteiger partial charge in [-0.1, -0.05) is 12.1 Å². The zero-order chi connectivity index (χ0) is 28.4. The number of aromatic amines is 1. The molecule has 0 bridgehead atoms. The molecule has 6 heterocycles. The second kappa shape index (κ2) is 9.92. The maximum absolute atomic E-state index is 13.8. The van der Waals surface area contributed by atoms with Gasteiger partial charge >= 0.3 is 6.18 Å². The molecule has 0 aliphatic carbocycles. The maximum Gasteiger partial charge on any atom is 0.416 e. The average Bonchev–Trinajstić information content (AvgIpc) is 3.56. The van der Waals surface area contributed by atoms with Crippen molar-refractivity contribution in [3.05, 3.63) is 64.9 Å². The minimum atomic E-state index is -4.44. The smallest absolute Gasteiger partial charge is 0.378 e. The molecule has 13 heteroatoms. The Morgan fingerprint density at radius 2 is 1.95 bits per heavy atom. The highest BCUT2D eigenvalue weighted by Crippen LogP contribution is 2.41. The van der Waals surface area contributed by atoms with Crippen LogP contribution in [0.1, 0.15) is 28.1 Å². The van der Waals surface area contributed by atoms with Crippen molar-refractivity contribution in [2.45, 2.75) is 26.1 Å². The first-order chi connectivity index (χ1) is 19.7. The van der Waals surface area contributed by atoms with Gasteiger partial charge in [-0.25, -0.2) is 14.5 Å². The Morgan fingerprint density at radius 1 is 1.17 bits per heavy atom. The highest BCUT2D eigenvalue weighted by molar-refractivity contribution is 7.86. The lowest BCUT2D eigenvalue weighted by molar-refractivity contribution is -0.138. The number of aromatic nitrogens is 5. The van der Waals surface area contributed by atoms with Crippen LogP contribution in [-0.4, -0.2) is 84.6 Å². The van der Waals surface area contributed by atoms with Crippen molar-refractivity contribution in [3.8, 4) is 11.3 Å². The van der Waals surface area contributed by atoms with Gasteiger partial charge in [0.05, 0.1) is 48.4 Å². The molecule has 0 amide bonds. The van der Waals surface area contributed by atoms with Crippen molar-refractivity contribution >= 4 is 22.3 Å². The highest BCUT2D eigenvalue weighted by atomic mass is 32.2. The number of nitrogens with zero attached hydrogens (tertiary/aromatic N) is 6. The van der Waals surface area contributed by atoms with E-state index in [1.54, 1.807) is 18.6 Å². The number of anilines is 1. The van der Waals surface area contributed by atoms with Crippen molar-refractivity contribution in [3.63, 3.8) is 0 Å². The lowest BCUT2D eigenvalue weighted by atomic mass is 9.83. The van der Waals surface area contributed by atoms with E-state index in [-0.39, 0.29) is 17.4 Å². The van der Waals surface area contributed by atoms with E-state index in [9.17, 15) is 17.4 Å². The molecule has 3 aromatic heterocycles. The van der Waals surface area contributed by atoms with E-state index in [0.717, 1.165) is 59.1 Å². The lowest BCUT2D eigenvalue weighted by Crippen LogP contribution is -2.66. The Kier molecular flexibility index (Phi) is 6.43. The van der Waals surface area contributed by atoms with E-state index in [4.69, 9.17) is 14.8 Å². The number of imidazole rings is 2. The van der Waals surface area contributed by atoms with Crippen LogP contribution in [-0.2, 0) is 34.7 Å². The minimum absolute atomic E-state index is 0.130. The summed E-state index contributed by atoms with van der Waals surface area (Å²) in [7, 11) is -0.724. The Hall–Kier alpha value is -3.29. The van der Waals surface area contributed by atoms with Crippen molar-refractivity contribution in [1.82, 2.24) is 29.5 Å². The molecule has 3 saturated heterocycles. The highest BCUT2D eigenvalue weighted by Gasteiger charge is 2.51. The predicted molar refractivity (Wildman–Crippen MR) is 148 cm³/mol. The van der Waals surface area contributed by atoms with E-state index < -0.39 is 22.5 Å². The van der Waals surface area contributed by atoms with E-state index in [1.165, 1.54) is 13.0 Å². The van der Waals surface area contributed by atoms with Gasteiger partial charge in [-0.05, 0) is 30.2 Å². The Balaban J connectivity index is 1.35. The van der Waals surface area contributed by atoms with Crippen LogP contribution in [0.15, 0.2) is 36.8 Å². The third-order valence-electron chi connectivity index (χ3n) is 8.41. The normalized spacial score (nSPS) is 19.6. The molecule has 1 aromatic carbocycles. The number of ether oxygens (including phenoxy) is 1. The molecule has 3 fully saturated rings. The number of nitrogens with one attached hydrogen (secondary N) is 1. The third-order valence-corrected chi connectivity index (χ3v) is 10.3. The van der Waals surface area contributed by atoms with Crippen LogP contribution in [0.5, 0.6) is 0 Å². The number of likely N-dealkylation sites (tertiary alicyclic amines) is 1. The van der Waals surface area contributed by atoms with Crippen LogP contribution < -0.4 is 4.90 Å². The minimum Gasteiger partial charge on any atom is -0.378 e. The summed E-state index contributed by atoms with van der Waals surface area (Å²) in [6, 6.07) is 6.33. The van der Waals surface area contributed by atoms with Gasteiger partial charge in [-0.3, -0.25) is 9.11 Å². The summed E-state index contributed by atoms with van der Waals surface area (Å²) in [5, 5.41) is 5.01. The van der Waals surface area contributed by atoms with Crippen LogP contribution >= 0.6 is 0 Å². The number of benzene rings is 1. The molecule has 4 aromatic rings. The number of alkyl halides is 3. The number of H-pyrrole nitrogens is 1. The largest absolute Gasteiger partial charge is 0.416 e. The second-order valence-corrected chi connectivity index (χ2v) is 12.8. The van der Waals surface area contributed by atoms with Crippen LogP contribution in [0.25, 0.3) is 16.9 Å². The van der Waals surface area contributed by atoms with Crippen LogP contribution in [0.2, 0.25) is 0 Å². The molecule has 0 atom stereocenters. The summed E-state index contributed by atoms with van der Waals surface area (Å²) in [5.74, 6) is 2.22. The Labute approximate surface area is 237 Å². The van der Waals surface area contributed by atoms with E-state index in [2.05, 4.69) is 19.8 Å². The van der Waals surface area contributed by atoms with Gasteiger partial charge in [-0.2, -0.15) is 13.2 Å². The monoisotopic (exact) mass is 585 g/mol. The van der Waals surface area contributed by atoms with Gasteiger partial charge < -0.3 is 14.6 Å². The van der Waals surface area contributed by atoms with Gasteiger partial charge in [0.15, 0.2) is 11.5 Å². The molecule has 0 unspecified atom stereocenters. The number of morpholine rings is 1. The zero-order valence-corrected chi connectivity index (χ0v) is 23.4. The van der Waals surface area contributed by atoms with Gasteiger partial charge in [0.1, 0.15) is 0 Å². The Morgan fingerprint density at radius 3 is 2.63 bits per heavy atom. The number of rotatable bonds is 6.